The number of likely N-dealkylation sites (N-methyl/N-ethyl adjacent to an activating group) is 1. The Bertz CT molecular complexity index is 1540. The summed E-state index contributed by atoms with van der Waals surface area (Å²) in [6.45, 7) is 1.94. The number of carbonyl (C=O) groups is 3. The number of hydrogen-bond donors (Lipinski definition) is 5. The molecule has 1 amide bonds. The molecule has 218 valence electrons. The molecule has 0 bridgehead atoms. The second kappa shape index (κ2) is 10.2. The van der Waals surface area contributed by atoms with Crippen molar-refractivity contribution in [1.29, 1.82) is 0 Å². The van der Waals surface area contributed by atoms with Gasteiger partial charge in [-0.2, -0.15) is 0 Å². The molecule has 6 N–H and O–H groups in total. The molecule has 0 spiro atoms. The fraction of sp³-hybridized carbons (Fsp3) is 0.367. The maximum Gasteiger partial charge on any atom is 0.255 e. The number of fused-ring (bicyclic) bond motifs is 3. The molecule has 0 aliphatic heterocycles. The number of aliphatic hydroxyl groups excluding tert-OH is 2. The van der Waals surface area contributed by atoms with Crippen molar-refractivity contribution in [3.05, 3.63) is 63.9 Å². The van der Waals surface area contributed by atoms with Gasteiger partial charge >= 0.3 is 0 Å². The number of aliphatic hydroxyl groups is 3. The molecule has 41 heavy (non-hydrogen) atoms. The highest BCUT2D eigenvalue weighted by molar-refractivity contribution is 6.24. The van der Waals surface area contributed by atoms with Crippen molar-refractivity contribution in [2.45, 2.75) is 31.4 Å². The second-order valence-electron chi connectivity index (χ2n) is 11.4. The standard InChI is InChI=1S/C30H33N3O7.ClH/c1-13-6-8-14(9-7-13)16-12-19(32(2)3)17-10-15-11-18-23(33(4)5)26(36)22(29(31)39)28(38)30(18,40)27(37)20(15)25(35)21(17)24(16)34;/h6-9,12,15,18,23,34-35,38,40H,10-11H2,1-5H3,(H2,31,39);1H/t15-,18-,23-,30-;/m0./s1. The number of aromatic hydroxyl groups is 1. The molecule has 0 unspecified atom stereocenters. The number of halogens is 1. The smallest absolute Gasteiger partial charge is 0.255 e. The first kappa shape index (κ1) is 30.1. The minimum atomic E-state index is -2.67. The van der Waals surface area contributed by atoms with Crippen LogP contribution in [0.5, 0.6) is 5.75 Å². The van der Waals surface area contributed by atoms with E-state index in [2.05, 4.69) is 0 Å². The summed E-state index contributed by atoms with van der Waals surface area (Å²) in [6.07, 6.45) is 0.267. The van der Waals surface area contributed by atoms with Gasteiger partial charge in [0.05, 0.1) is 11.6 Å². The van der Waals surface area contributed by atoms with E-state index in [-0.39, 0.29) is 42.1 Å². The zero-order valence-corrected chi connectivity index (χ0v) is 24.2. The highest BCUT2D eigenvalue weighted by atomic mass is 35.5. The van der Waals surface area contributed by atoms with Gasteiger partial charge in [-0.3, -0.25) is 19.3 Å². The van der Waals surface area contributed by atoms with Crippen LogP contribution in [0.15, 0.2) is 47.2 Å². The quantitative estimate of drug-likeness (QED) is 0.340. The molecule has 2 aromatic rings. The van der Waals surface area contributed by atoms with Gasteiger partial charge < -0.3 is 31.1 Å². The van der Waals surface area contributed by atoms with Crippen LogP contribution in [0.4, 0.5) is 5.69 Å². The molecule has 1 saturated carbocycles. The van der Waals surface area contributed by atoms with Crippen LogP contribution in [0, 0.1) is 18.8 Å². The summed E-state index contributed by atoms with van der Waals surface area (Å²) in [5.74, 6) is -6.65. The zero-order chi connectivity index (χ0) is 29.4. The summed E-state index contributed by atoms with van der Waals surface area (Å²) in [6, 6.07) is 8.20. The predicted octanol–water partition coefficient (Wildman–Crippen LogP) is 2.43. The van der Waals surface area contributed by atoms with Crippen LogP contribution in [-0.4, -0.2) is 82.6 Å². The van der Waals surface area contributed by atoms with Gasteiger partial charge in [0.1, 0.15) is 22.8 Å². The number of phenols is 1. The normalized spacial score (nSPS) is 25.4. The lowest BCUT2D eigenvalue weighted by atomic mass is 9.57. The third-order valence-corrected chi connectivity index (χ3v) is 8.54. The minimum Gasteiger partial charge on any atom is -0.508 e. The van der Waals surface area contributed by atoms with Crippen molar-refractivity contribution in [3.8, 4) is 16.9 Å². The van der Waals surface area contributed by atoms with E-state index in [1.165, 1.54) is 4.90 Å². The van der Waals surface area contributed by atoms with E-state index in [9.17, 15) is 34.8 Å². The maximum atomic E-state index is 14.1. The predicted molar refractivity (Wildman–Crippen MR) is 156 cm³/mol. The highest BCUT2D eigenvalue weighted by Crippen LogP contribution is 2.54. The van der Waals surface area contributed by atoms with Crippen molar-refractivity contribution in [2.75, 3.05) is 33.1 Å². The molecule has 4 atom stereocenters. The Hall–Kier alpha value is -3.86. The second-order valence-corrected chi connectivity index (χ2v) is 11.4. The number of nitrogens with zero attached hydrogens (tertiary/aromatic N) is 2. The van der Waals surface area contributed by atoms with Crippen LogP contribution in [0.3, 0.4) is 0 Å². The molecular formula is C30H34ClN3O7. The molecule has 5 rings (SSSR count). The number of phenolic OH excluding ortho intramolecular Hbond substituents is 1. The molecule has 3 aliphatic rings. The Morgan fingerprint density at radius 1 is 1.05 bits per heavy atom. The zero-order valence-electron chi connectivity index (χ0n) is 23.4. The Kier molecular flexibility index (Phi) is 7.49. The lowest BCUT2D eigenvalue weighted by Gasteiger charge is -2.50. The number of amides is 1. The molecular weight excluding hydrogens is 550 g/mol. The van der Waals surface area contributed by atoms with Gasteiger partial charge in [-0.05, 0) is 57.0 Å². The van der Waals surface area contributed by atoms with E-state index in [0.29, 0.717) is 16.7 Å². The van der Waals surface area contributed by atoms with Crippen LogP contribution < -0.4 is 10.6 Å². The van der Waals surface area contributed by atoms with Gasteiger partial charge in [0.2, 0.25) is 5.78 Å². The van der Waals surface area contributed by atoms with Gasteiger partial charge in [-0.15, -0.1) is 12.4 Å². The first-order chi connectivity index (χ1) is 18.7. The van der Waals surface area contributed by atoms with E-state index in [1.54, 1.807) is 14.1 Å². The number of primary amides is 1. The number of aryl methyl sites for hydroxylation is 1. The molecule has 11 heteroatoms. The number of ketones is 2. The number of anilines is 1. The molecule has 10 nitrogen and oxygen atoms in total. The molecule has 0 heterocycles. The largest absolute Gasteiger partial charge is 0.508 e. The molecule has 0 aromatic heterocycles. The number of carbonyl (C=O) groups excluding carboxylic acids is 3. The highest BCUT2D eigenvalue weighted by Gasteiger charge is 2.64. The van der Waals surface area contributed by atoms with Crippen LogP contribution in [0.25, 0.3) is 16.9 Å². The van der Waals surface area contributed by atoms with Gasteiger partial charge in [-0.25, -0.2) is 0 Å². The van der Waals surface area contributed by atoms with Crippen molar-refractivity contribution < 1.29 is 34.8 Å². The van der Waals surface area contributed by atoms with E-state index in [1.807, 2.05) is 56.3 Å². The fourth-order valence-corrected chi connectivity index (χ4v) is 6.64. The third kappa shape index (κ3) is 4.20. The van der Waals surface area contributed by atoms with Crippen molar-refractivity contribution in [2.24, 2.45) is 17.6 Å². The Morgan fingerprint density at radius 2 is 1.66 bits per heavy atom. The van der Waals surface area contributed by atoms with Gasteiger partial charge in [-0.1, -0.05) is 29.8 Å². The summed E-state index contributed by atoms with van der Waals surface area (Å²) < 4.78 is 0. The average molecular weight is 584 g/mol. The SMILES string of the molecule is Cc1ccc(-c2cc(N(C)C)c3c(c2O)C(O)=C2C(=O)[C@]4(O)C(O)=C(C(N)=O)C(=O)[C@@H](N(C)C)[C@@H]4C[C@@H]2C3)cc1.Cl. The van der Waals surface area contributed by atoms with Crippen molar-refractivity contribution in [3.63, 3.8) is 0 Å². The Morgan fingerprint density at radius 3 is 2.20 bits per heavy atom. The van der Waals surface area contributed by atoms with Crippen LogP contribution in [0.2, 0.25) is 0 Å². The number of hydrogen-bond acceptors (Lipinski definition) is 9. The lowest BCUT2D eigenvalue weighted by molar-refractivity contribution is -0.153. The minimum absolute atomic E-state index is 0. The van der Waals surface area contributed by atoms with Crippen molar-refractivity contribution >= 4 is 41.3 Å². The summed E-state index contributed by atoms with van der Waals surface area (Å²) in [7, 11) is 6.82. The molecule has 0 radical (unpaired) electrons. The molecule has 2 aromatic carbocycles. The van der Waals surface area contributed by atoms with Crippen LogP contribution in [-0.2, 0) is 20.8 Å². The first-order valence-corrected chi connectivity index (χ1v) is 13.0. The van der Waals surface area contributed by atoms with E-state index < -0.39 is 58.0 Å². The first-order valence-electron chi connectivity index (χ1n) is 13.0. The van der Waals surface area contributed by atoms with Crippen LogP contribution in [0.1, 0.15) is 23.1 Å². The fourth-order valence-electron chi connectivity index (χ4n) is 6.64. The molecule has 0 saturated heterocycles. The van der Waals surface area contributed by atoms with Gasteiger partial charge in [0.15, 0.2) is 11.4 Å². The number of benzene rings is 2. The van der Waals surface area contributed by atoms with Crippen LogP contribution >= 0.6 is 12.4 Å². The van der Waals surface area contributed by atoms with E-state index in [0.717, 1.165) is 11.3 Å². The monoisotopic (exact) mass is 583 g/mol. The van der Waals surface area contributed by atoms with Gasteiger partial charge in [0.25, 0.3) is 5.91 Å². The van der Waals surface area contributed by atoms with E-state index in [4.69, 9.17) is 5.73 Å². The Labute approximate surface area is 243 Å². The third-order valence-electron chi connectivity index (χ3n) is 8.54. The number of rotatable bonds is 4. The maximum absolute atomic E-state index is 14.1. The topological polar surface area (TPSA) is 165 Å². The molecule has 1 fully saturated rings. The Balaban J connectivity index is 0.00000387. The number of Topliss-reactive ketones (excluding diaryl/α,β-unsaturated/α-hetero) is 2. The van der Waals surface area contributed by atoms with Gasteiger partial charge in [0, 0.05) is 36.8 Å². The van der Waals surface area contributed by atoms with E-state index >= 15 is 0 Å². The summed E-state index contributed by atoms with van der Waals surface area (Å²) in [5.41, 5.74) is 5.30. The number of nitrogens with two attached hydrogens (primary N) is 1. The molecule has 3 aliphatic carbocycles. The van der Waals surface area contributed by atoms with Crippen molar-refractivity contribution in [1.82, 2.24) is 4.90 Å². The lowest BCUT2D eigenvalue weighted by Crippen LogP contribution is -2.65. The summed E-state index contributed by atoms with van der Waals surface area (Å²) in [4.78, 5) is 42.8. The summed E-state index contributed by atoms with van der Waals surface area (Å²) in [5, 5.41) is 45.9. The summed E-state index contributed by atoms with van der Waals surface area (Å²) >= 11 is 0. The average Bonchev–Trinajstić information content (AvgIpc) is 2.86.